The smallest absolute Gasteiger partial charge is 0.137 e. The van der Waals surface area contributed by atoms with E-state index in [-0.39, 0.29) is 0 Å². The summed E-state index contributed by atoms with van der Waals surface area (Å²) in [7, 11) is 0. The molecule has 0 unspecified atom stereocenters. The van der Waals surface area contributed by atoms with E-state index in [1.807, 2.05) is 17.6 Å². The maximum Gasteiger partial charge on any atom is 0.137 e. The largest absolute Gasteiger partial charge is 0.398 e. The van der Waals surface area contributed by atoms with Gasteiger partial charge in [-0.05, 0) is 18.2 Å². The van der Waals surface area contributed by atoms with Crippen LogP contribution >= 0.6 is 11.6 Å². The summed E-state index contributed by atoms with van der Waals surface area (Å²) >= 11 is 5.95. The van der Waals surface area contributed by atoms with Gasteiger partial charge in [0.2, 0.25) is 0 Å². The van der Waals surface area contributed by atoms with Gasteiger partial charge in [0.15, 0.2) is 0 Å². The minimum Gasteiger partial charge on any atom is -0.398 e. The van der Waals surface area contributed by atoms with Crippen LogP contribution in [0.2, 0.25) is 5.02 Å². The number of nitrogens with zero attached hydrogens (tertiary/aromatic N) is 3. The lowest BCUT2D eigenvalue weighted by molar-refractivity contribution is 0.883. The number of nitrogens with two attached hydrogens (primary N) is 1. The molecule has 78 valence electrons. The number of halogens is 1. The lowest BCUT2D eigenvalue weighted by atomic mass is 10.2. The molecule has 0 bridgehead atoms. The van der Waals surface area contributed by atoms with E-state index < -0.39 is 0 Å². The number of hydrogen-bond donors (Lipinski definition) is 1. The van der Waals surface area contributed by atoms with Crippen LogP contribution in [-0.2, 0) is 6.42 Å². The molecule has 0 saturated heterocycles. The summed E-state index contributed by atoms with van der Waals surface area (Å²) in [5, 5.41) is 8.41. The van der Waals surface area contributed by atoms with Crippen molar-refractivity contribution in [2.24, 2.45) is 0 Å². The van der Waals surface area contributed by atoms with Gasteiger partial charge in [-0.15, -0.1) is 10.2 Å². The van der Waals surface area contributed by atoms with Crippen molar-refractivity contribution in [3.63, 3.8) is 0 Å². The number of nitrogen functional groups attached to an aromatic ring is 1. The molecule has 0 amide bonds. The highest BCUT2D eigenvalue weighted by molar-refractivity contribution is 6.33. The van der Waals surface area contributed by atoms with Crippen LogP contribution in [0.1, 0.15) is 12.7 Å². The zero-order valence-electron chi connectivity index (χ0n) is 8.31. The molecule has 2 rings (SSSR count). The first-order valence-electron chi connectivity index (χ1n) is 4.66. The first-order chi connectivity index (χ1) is 7.22. The summed E-state index contributed by atoms with van der Waals surface area (Å²) in [5.41, 5.74) is 7.14. The van der Waals surface area contributed by atoms with Gasteiger partial charge in [0.05, 0.1) is 10.7 Å². The summed E-state index contributed by atoms with van der Waals surface area (Å²) in [5.74, 6) is 0.899. The van der Waals surface area contributed by atoms with E-state index in [0.717, 1.165) is 17.9 Å². The maximum absolute atomic E-state index is 5.95. The second-order valence-electron chi connectivity index (χ2n) is 3.18. The first kappa shape index (κ1) is 9.98. The summed E-state index contributed by atoms with van der Waals surface area (Å²) < 4.78 is 1.89. The van der Waals surface area contributed by atoms with E-state index >= 15 is 0 Å². The Bertz CT molecular complexity index is 478. The Labute approximate surface area is 92.7 Å². The Balaban J connectivity index is 2.50. The van der Waals surface area contributed by atoms with Gasteiger partial charge in [0, 0.05) is 12.1 Å². The molecule has 0 aliphatic carbocycles. The third kappa shape index (κ3) is 1.80. The number of benzene rings is 1. The fraction of sp³-hybridized carbons (Fsp3) is 0.200. The normalized spacial score (nSPS) is 10.5. The van der Waals surface area contributed by atoms with Crippen molar-refractivity contribution in [1.82, 2.24) is 14.8 Å². The first-order valence-corrected chi connectivity index (χ1v) is 5.04. The van der Waals surface area contributed by atoms with Crippen LogP contribution in [0.3, 0.4) is 0 Å². The summed E-state index contributed by atoms with van der Waals surface area (Å²) in [4.78, 5) is 0. The molecule has 5 heteroatoms. The molecule has 2 aromatic rings. The molecule has 0 aliphatic rings. The molecule has 1 aromatic carbocycles. The van der Waals surface area contributed by atoms with Gasteiger partial charge in [-0.25, -0.2) is 0 Å². The van der Waals surface area contributed by atoms with Gasteiger partial charge in [-0.1, -0.05) is 18.5 Å². The molecular formula is C10H11ClN4. The van der Waals surface area contributed by atoms with Crippen molar-refractivity contribution in [2.45, 2.75) is 13.3 Å². The van der Waals surface area contributed by atoms with E-state index in [0.29, 0.717) is 10.7 Å². The number of rotatable bonds is 2. The Hall–Kier alpha value is -1.55. The number of anilines is 1. The molecule has 0 spiro atoms. The highest BCUT2D eigenvalue weighted by atomic mass is 35.5. The maximum atomic E-state index is 5.95. The summed E-state index contributed by atoms with van der Waals surface area (Å²) in [6.45, 7) is 2.03. The molecule has 1 heterocycles. The molecule has 1 aromatic heterocycles. The lowest BCUT2D eigenvalue weighted by Gasteiger charge is -2.06. The fourth-order valence-corrected chi connectivity index (χ4v) is 1.56. The van der Waals surface area contributed by atoms with E-state index in [2.05, 4.69) is 10.2 Å². The quantitative estimate of drug-likeness (QED) is 0.792. The second-order valence-corrected chi connectivity index (χ2v) is 3.58. The van der Waals surface area contributed by atoms with Crippen molar-refractivity contribution in [3.05, 3.63) is 35.4 Å². The number of aryl methyl sites for hydroxylation is 1. The van der Waals surface area contributed by atoms with Crippen LogP contribution < -0.4 is 5.73 Å². The van der Waals surface area contributed by atoms with Gasteiger partial charge < -0.3 is 5.73 Å². The molecule has 0 fully saturated rings. The molecule has 0 saturated carbocycles. The number of aromatic nitrogens is 3. The Morgan fingerprint density at radius 2 is 2.27 bits per heavy atom. The lowest BCUT2D eigenvalue weighted by Crippen LogP contribution is -1.99. The molecule has 15 heavy (non-hydrogen) atoms. The monoisotopic (exact) mass is 222 g/mol. The average Bonchev–Trinajstić information content (AvgIpc) is 2.70. The van der Waals surface area contributed by atoms with Crippen LogP contribution in [0, 0.1) is 0 Å². The highest BCUT2D eigenvalue weighted by Gasteiger charge is 2.05. The second kappa shape index (κ2) is 3.90. The third-order valence-corrected chi connectivity index (χ3v) is 2.52. The van der Waals surface area contributed by atoms with Crippen LogP contribution in [0.5, 0.6) is 0 Å². The van der Waals surface area contributed by atoms with E-state index in [4.69, 9.17) is 17.3 Å². The van der Waals surface area contributed by atoms with Crippen LogP contribution in [-0.4, -0.2) is 14.8 Å². The average molecular weight is 223 g/mol. The predicted octanol–water partition coefficient (Wildman–Crippen LogP) is 2.07. The van der Waals surface area contributed by atoms with Gasteiger partial charge >= 0.3 is 0 Å². The zero-order valence-corrected chi connectivity index (χ0v) is 9.07. The molecular weight excluding hydrogens is 212 g/mol. The topological polar surface area (TPSA) is 56.7 Å². The van der Waals surface area contributed by atoms with E-state index in [1.165, 1.54) is 0 Å². The van der Waals surface area contributed by atoms with Crippen LogP contribution in [0.15, 0.2) is 24.5 Å². The summed E-state index contributed by atoms with van der Waals surface area (Å²) in [6, 6.07) is 5.47. The van der Waals surface area contributed by atoms with Crippen molar-refractivity contribution < 1.29 is 0 Å². The standard InChI is InChI=1S/C10H11ClN4/c1-2-10-14-13-6-15(10)7-3-4-9(12)8(11)5-7/h3-6H,2,12H2,1H3. The minimum absolute atomic E-state index is 0.545. The van der Waals surface area contributed by atoms with E-state index in [9.17, 15) is 0 Å². The van der Waals surface area contributed by atoms with Crippen molar-refractivity contribution in [1.29, 1.82) is 0 Å². The Morgan fingerprint density at radius 1 is 1.47 bits per heavy atom. The van der Waals surface area contributed by atoms with Gasteiger partial charge in [-0.3, -0.25) is 4.57 Å². The molecule has 4 nitrogen and oxygen atoms in total. The minimum atomic E-state index is 0.545. The molecule has 2 N–H and O–H groups in total. The van der Waals surface area contributed by atoms with Gasteiger partial charge in [0.25, 0.3) is 0 Å². The SMILES string of the molecule is CCc1nncn1-c1ccc(N)c(Cl)c1. The van der Waals surface area contributed by atoms with Crippen molar-refractivity contribution in [3.8, 4) is 5.69 Å². The van der Waals surface area contributed by atoms with Crippen molar-refractivity contribution in [2.75, 3.05) is 5.73 Å². The Morgan fingerprint density at radius 3 is 2.93 bits per heavy atom. The molecule has 0 atom stereocenters. The van der Waals surface area contributed by atoms with Gasteiger partial charge in [-0.2, -0.15) is 0 Å². The number of hydrogen-bond acceptors (Lipinski definition) is 3. The Kier molecular flexibility index (Phi) is 2.60. The van der Waals surface area contributed by atoms with E-state index in [1.54, 1.807) is 18.5 Å². The van der Waals surface area contributed by atoms with Crippen LogP contribution in [0.25, 0.3) is 5.69 Å². The zero-order chi connectivity index (χ0) is 10.8. The third-order valence-electron chi connectivity index (χ3n) is 2.20. The van der Waals surface area contributed by atoms with Gasteiger partial charge in [0.1, 0.15) is 12.2 Å². The molecule has 0 aliphatic heterocycles. The molecule has 0 radical (unpaired) electrons. The fourth-order valence-electron chi connectivity index (χ4n) is 1.38. The highest BCUT2D eigenvalue weighted by Crippen LogP contribution is 2.22. The summed E-state index contributed by atoms with van der Waals surface area (Å²) in [6.07, 6.45) is 2.49. The predicted molar refractivity (Wildman–Crippen MR) is 60.2 cm³/mol. The van der Waals surface area contributed by atoms with Crippen molar-refractivity contribution >= 4 is 17.3 Å². The van der Waals surface area contributed by atoms with Crippen LogP contribution in [0.4, 0.5) is 5.69 Å².